The smallest absolute Gasteiger partial charge is 0.266 e. The number of hydrogen-bond donors (Lipinski definition) is 2. The molecule has 5 nitrogen and oxygen atoms in total. The number of carbonyl (C=O) groups excluding carboxylic acids is 2. The zero-order valence-corrected chi connectivity index (χ0v) is 11.8. The second-order valence-corrected chi connectivity index (χ2v) is 4.75. The van der Waals surface area contributed by atoms with Gasteiger partial charge in [0.2, 0.25) is 0 Å². The van der Waals surface area contributed by atoms with Crippen LogP contribution >= 0.6 is 11.6 Å². The van der Waals surface area contributed by atoms with E-state index < -0.39 is 17.9 Å². The number of rotatable bonds is 5. The van der Waals surface area contributed by atoms with E-state index in [4.69, 9.17) is 11.6 Å². The van der Waals surface area contributed by atoms with Gasteiger partial charge in [-0.15, -0.1) is 0 Å². The van der Waals surface area contributed by atoms with Crippen LogP contribution in [0.15, 0.2) is 24.3 Å². The molecule has 6 heteroatoms. The van der Waals surface area contributed by atoms with E-state index in [1.54, 1.807) is 24.3 Å². The highest BCUT2D eigenvalue weighted by atomic mass is 35.5. The minimum absolute atomic E-state index is 0.0819. The van der Waals surface area contributed by atoms with Gasteiger partial charge in [-0.3, -0.25) is 14.4 Å². The van der Waals surface area contributed by atoms with Gasteiger partial charge in [-0.1, -0.05) is 37.6 Å². The van der Waals surface area contributed by atoms with Crippen LogP contribution in [0.3, 0.4) is 0 Å². The SMILES string of the molecule is CONC(=O)C(NC(=O)c1ccccc1Cl)C(C)C. The van der Waals surface area contributed by atoms with Gasteiger partial charge in [-0.25, -0.2) is 5.48 Å². The van der Waals surface area contributed by atoms with Gasteiger partial charge in [0.1, 0.15) is 6.04 Å². The van der Waals surface area contributed by atoms with E-state index in [1.807, 2.05) is 13.8 Å². The van der Waals surface area contributed by atoms with Gasteiger partial charge < -0.3 is 5.32 Å². The molecule has 0 aliphatic heterocycles. The highest BCUT2D eigenvalue weighted by Gasteiger charge is 2.25. The summed E-state index contributed by atoms with van der Waals surface area (Å²) in [6.45, 7) is 3.65. The topological polar surface area (TPSA) is 67.4 Å². The first-order chi connectivity index (χ1) is 8.97. The molecule has 0 saturated heterocycles. The summed E-state index contributed by atoms with van der Waals surface area (Å²) >= 11 is 5.94. The summed E-state index contributed by atoms with van der Waals surface area (Å²) < 4.78 is 0. The Morgan fingerprint density at radius 1 is 1.26 bits per heavy atom. The zero-order chi connectivity index (χ0) is 14.4. The lowest BCUT2D eigenvalue weighted by molar-refractivity contribution is -0.134. The van der Waals surface area contributed by atoms with Gasteiger partial charge in [0.05, 0.1) is 17.7 Å². The molecule has 0 heterocycles. The Balaban J connectivity index is 2.83. The molecular weight excluding hydrogens is 268 g/mol. The van der Waals surface area contributed by atoms with E-state index in [2.05, 4.69) is 15.6 Å². The molecule has 0 bridgehead atoms. The maximum Gasteiger partial charge on any atom is 0.266 e. The van der Waals surface area contributed by atoms with Crippen LogP contribution in [0.5, 0.6) is 0 Å². The van der Waals surface area contributed by atoms with E-state index in [1.165, 1.54) is 7.11 Å². The minimum Gasteiger partial charge on any atom is -0.340 e. The third-order valence-corrected chi connectivity index (χ3v) is 2.89. The van der Waals surface area contributed by atoms with Crippen LogP contribution < -0.4 is 10.8 Å². The monoisotopic (exact) mass is 284 g/mol. The molecule has 1 aromatic rings. The molecule has 0 radical (unpaired) electrons. The van der Waals surface area contributed by atoms with Crippen molar-refractivity contribution in [1.29, 1.82) is 0 Å². The standard InChI is InChI=1S/C13H17ClN2O3/c1-8(2)11(13(18)16-19-3)15-12(17)9-6-4-5-7-10(9)14/h4-8,11H,1-3H3,(H,15,17)(H,16,18). The molecule has 0 fully saturated rings. The lowest BCUT2D eigenvalue weighted by Gasteiger charge is -2.21. The van der Waals surface area contributed by atoms with Crippen molar-refractivity contribution >= 4 is 23.4 Å². The van der Waals surface area contributed by atoms with Gasteiger partial charge >= 0.3 is 0 Å². The van der Waals surface area contributed by atoms with Gasteiger partial charge in [0.15, 0.2) is 0 Å². The fourth-order valence-corrected chi connectivity index (χ4v) is 1.78. The molecule has 104 valence electrons. The average molecular weight is 285 g/mol. The molecule has 1 unspecified atom stereocenters. The number of halogens is 1. The molecule has 19 heavy (non-hydrogen) atoms. The summed E-state index contributed by atoms with van der Waals surface area (Å²) in [6, 6.07) is 5.97. The molecule has 0 aliphatic carbocycles. The predicted molar refractivity (Wildman–Crippen MR) is 72.7 cm³/mol. The van der Waals surface area contributed by atoms with E-state index in [0.717, 1.165) is 0 Å². The Labute approximate surface area is 117 Å². The summed E-state index contributed by atoms with van der Waals surface area (Å²) in [4.78, 5) is 28.4. The molecule has 1 aromatic carbocycles. The van der Waals surface area contributed by atoms with Gasteiger partial charge in [0.25, 0.3) is 11.8 Å². The van der Waals surface area contributed by atoms with Crippen molar-refractivity contribution in [3.8, 4) is 0 Å². The number of amides is 2. The van der Waals surface area contributed by atoms with Gasteiger partial charge in [-0.05, 0) is 18.1 Å². The molecule has 0 aliphatic rings. The summed E-state index contributed by atoms with van der Waals surface area (Å²) in [7, 11) is 1.34. The van der Waals surface area contributed by atoms with Gasteiger partial charge in [0, 0.05) is 0 Å². The number of hydroxylamine groups is 1. The minimum atomic E-state index is -0.691. The second-order valence-electron chi connectivity index (χ2n) is 4.35. The molecule has 1 rings (SSSR count). The second kappa shape index (κ2) is 7.11. The van der Waals surface area contributed by atoms with E-state index in [0.29, 0.717) is 10.6 Å². The fourth-order valence-electron chi connectivity index (χ4n) is 1.56. The number of carbonyl (C=O) groups is 2. The maximum atomic E-state index is 12.1. The highest BCUT2D eigenvalue weighted by Crippen LogP contribution is 2.15. The van der Waals surface area contributed by atoms with Crippen LogP contribution in [0.2, 0.25) is 5.02 Å². The van der Waals surface area contributed by atoms with Crippen LogP contribution in [0, 0.1) is 5.92 Å². The number of benzene rings is 1. The van der Waals surface area contributed by atoms with Crippen molar-refractivity contribution in [2.75, 3.05) is 7.11 Å². The van der Waals surface area contributed by atoms with Crippen molar-refractivity contribution in [1.82, 2.24) is 10.8 Å². The molecule has 0 spiro atoms. The summed E-state index contributed by atoms with van der Waals surface area (Å²) in [5.41, 5.74) is 2.55. The Morgan fingerprint density at radius 2 is 1.89 bits per heavy atom. The summed E-state index contributed by atoms with van der Waals surface area (Å²) in [6.07, 6.45) is 0. The van der Waals surface area contributed by atoms with Crippen molar-refractivity contribution in [2.24, 2.45) is 5.92 Å². The summed E-state index contributed by atoms with van der Waals surface area (Å²) in [5, 5.41) is 2.99. The molecule has 1 atom stereocenters. The van der Waals surface area contributed by atoms with Crippen molar-refractivity contribution in [3.63, 3.8) is 0 Å². The Hall–Kier alpha value is -1.59. The molecule has 2 amide bonds. The first-order valence-corrected chi connectivity index (χ1v) is 6.23. The van der Waals surface area contributed by atoms with E-state index in [-0.39, 0.29) is 5.92 Å². The summed E-state index contributed by atoms with van der Waals surface area (Å²) in [5.74, 6) is -0.880. The zero-order valence-electron chi connectivity index (χ0n) is 11.1. The molecular formula is C13H17ClN2O3. The van der Waals surface area contributed by atoms with E-state index >= 15 is 0 Å². The first kappa shape index (κ1) is 15.5. The molecule has 0 saturated carbocycles. The third kappa shape index (κ3) is 4.22. The van der Waals surface area contributed by atoms with E-state index in [9.17, 15) is 9.59 Å². The van der Waals surface area contributed by atoms with Crippen LogP contribution in [-0.2, 0) is 9.63 Å². The van der Waals surface area contributed by atoms with Crippen LogP contribution in [0.1, 0.15) is 24.2 Å². The lowest BCUT2D eigenvalue weighted by Crippen LogP contribution is -2.49. The van der Waals surface area contributed by atoms with Crippen LogP contribution in [0.25, 0.3) is 0 Å². The Morgan fingerprint density at radius 3 is 2.42 bits per heavy atom. The first-order valence-electron chi connectivity index (χ1n) is 5.85. The largest absolute Gasteiger partial charge is 0.340 e. The average Bonchev–Trinajstić information content (AvgIpc) is 2.36. The number of nitrogens with one attached hydrogen (secondary N) is 2. The van der Waals surface area contributed by atoms with Crippen molar-refractivity contribution < 1.29 is 14.4 Å². The third-order valence-electron chi connectivity index (χ3n) is 2.56. The molecule has 2 N–H and O–H groups in total. The predicted octanol–water partition coefficient (Wildman–Crippen LogP) is 1.77. The van der Waals surface area contributed by atoms with Gasteiger partial charge in [-0.2, -0.15) is 0 Å². The van der Waals surface area contributed by atoms with Crippen LogP contribution in [0.4, 0.5) is 0 Å². The van der Waals surface area contributed by atoms with Crippen LogP contribution in [-0.4, -0.2) is 25.0 Å². The lowest BCUT2D eigenvalue weighted by atomic mass is 10.0. The Kier molecular flexibility index (Phi) is 5.79. The molecule has 0 aromatic heterocycles. The Bertz CT molecular complexity index is 463. The maximum absolute atomic E-state index is 12.1. The highest BCUT2D eigenvalue weighted by molar-refractivity contribution is 6.33. The van der Waals surface area contributed by atoms with Crippen molar-refractivity contribution in [2.45, 2.75) is 19.9 Å². The fraction of sp³-hybridized carbons (Fsp3) is 0.385. The normalized spacial score (nSPS) is 12.1. The number of hydrogen-bond acceptors (Lipinski definition) is 3. The van der Waals surface area contributed by atoms with Crippen molar-refractivity contribution in [3.05, 3.63) is 34.9 Å². The quantitative estimate of drug-likeness (QED) is 0.810.